The van der Waals surface area contributed by atoms with E-state index in [0.29, 0.717) is 0 Å². The summed E-state index contributed by atoms with van der Waals surface area (Å²) < 4.78 is 5.49. The van der Waals surface area contributed by atoms with Crippen molar-refractivity contribution in [3.63, 3.8) is 0 Å². The van der Waals surface area contributed by atoms with Crippen LogP contribution in [0, 0.1) is 6.92 Å². The van der Waals surface area contributed by atoms with Crippen LogP contribution in [0.1, 0.15) is 5.56 Å². The Kier molecular flexibility index (Phi) is 5.48. The summed E-state index contributed by atoms with van der Waals surface area (Å²) in [7, 11) is -2.24. The molecule has 0 saturated carbocycles. The Bertz CT molecular complexity index is 1020. The maximum absolute atomic E-state index is 6.21. The molecular formula is C25H21ClNP. The molecule has 0 unspecified atom stereocenters. The third-order valence-corrected chi connectivity index (χ3v) is 8.69. The van der Waals surface area contributed by atoms with Crippen molar-refractivity contribution < 1.29 is 0 Å². The van der Waals surface area contributed by atoms with Crippen LogP contribution in [0.3, 0.4) is 0 Å². The smallest absolute Gasteiger partial charge is 0.0655 e. The predicted molar refractivity (Wildman–Crippen MR) is 123 cm³/mol. The van der Waals surface area contributed by atoms with E-state index in [2.05, 4.69) is 97.9 Å². The zero-order valence-corrected chi connectivity index (χ0v) is 17.3. The fourth-order valence-electron chi connectivity index (χ4n) is 3.44. The lowest BCUT2D eigenvalue weighted by atomic mass is 10.2. The van der Waals surface area contributed by atoms with Gasteiger partial charge in [0, 0.05) is 20.9 Å². The van der Waals surface area contributed by atoms with Gasteiger partial charge in [-0.15, -0.1) is 0 Å². The van der Waals surface area contributed by atoms with E-state index in [1.165, 1.54) is 15.9 Å². The number of rotatable bonds is 4. The van der Waals surface area contributed by atoms with E-state index in [9.17, 15) is 0 Å². The normalized spacial score (nSPS) is 11.2. The molecule has 4 rings (SSSR count). The Morgan fingerprint density at radius 3 is 1.43 bits per heavy atom. The van der Waals surface area contributed by atoms with E-state index in [1.807, 2.05) is 18.2 Å². The van der Waals surface area contributed by atoms with Crippen molar-refractivity contribution >= 4 is 40.3 Å². The highest BCUT2D eigenvalue weighted by Crippen LogP contribution is 2.49. The van der Waals surface area contributed by atoms with Crippen LogP contribution >= 0.6 is 18.7 Å². The van der Waals surface area contributed by atoms with Gasteiger partial charge in [0.15, 0.2) is 0 Å². The summed E-state index contributed by atoms with van der Waals surface area (Å²) in [5.74, 6) is 0. The number of hydrogen-bond acceptors (Lipinski definition) is 1. The average Bonchev–Trinajstić information content (AvgIpc) is 2.75. The molecule has 138 valence electrons. The molecule has 0 amide bonds. The monoisotopic (exact) mass is 401 g/mol. The third kappa shape index (κ3) is 3.56. The predicted octanol–water partition coefficient (Wildman–Crippen LogP) is 6.46. The molecule has 0 saturated heterocycles. The number of hydrogen-bond donors (Lipinski definition) is 0. The maximum Gasteiger partial charge on any atom is 0.0655 e. The second-order valence-corrected chi connectivity index (χ2v) is 10.1. The van der Waals surface area contributed by atoms with Gasteiger partial charge >= 0.3 is 0 Å². The molecule has 0 atom stereocenters. The van der Waals surface area contributed by atoms with Crippen LogP contribution in [0.25, 0.3) is 0 Å². The van der Waals surface area contributed by atoms with Crippen LogP contribution in [0.15, 0.2) is 114 Å². The molecule has 4 aromatic carbocycles. The second kappa shape index (κ2) is 8.19. The molecule has 0 aliphatic rings. The molecule has 3 heteroatoms. The van der Waals surface area contributed by atoms with Gasteiger partial charge in [-0.2, -0.15) is 0 Å². The molecule has 0 radical (unpaired) electrons. The first-order valence-corrected chi connectivity index (χ1v) is 11.4. The lowest BCUT2D eigenvalue weighted by molar-refractivity contribution is 1.41. The zero-order valence-electron chi connectivity index (χ0n) is 15.7. The van der Waals surface area contributed by atoms with E-state index < -0.39 is 7.05 Å². The van der Waals surface area contributed by atoms with Gasteiger partial charge in [0.25, 0.3) is 0 Å². The first kappa shape index (κ1) is 18.7. The van der Waals surface area contributed by atoms with E-state index >= 15 is 0 Å². The number of aryl methyl sites for hydroxylation is 1. The molecule has 0 aliphatic carbocycles. The van der Waals surface area contributed by atoms with Gasteiger partial charge in [-0.05, 0) is 30.7 Å². The first-order chi connectivity index (χ1) is 13.7. The van der Waals surface area contributed by atoms with E-state index in [1.54, 1.807) is 0 Å². The molecule has 1 nitrogen and oxygen atoms in total. The molecule has 0 N–H and O–H groups in total. The summed E-state index contributed by atoms with van der Waals surface area (Å²) >= 11 is 6.21. The SMILES string of the molecule is Cc1cc(Cl)ccc1N=P(c1ccccc1)(c1ccccc1)c1ccccc1. The van der Waals surface area contributed by atoms with Crippen LogP contribution in [-0.2, 0) is 0 Å². The highest BCUT2D eigenvalue weighted by Gasteiger charge is 2.27. The third-order valence-electron chi connectivity index (χ3n) is 4.81. The van der Waals surface area contributed by atoms with Gasteiger partial charge in [-0.1, -0.05) is 103 Å². The quantitative estimate of drug-likeness (QED) is 0.348. The van der Waals surface area contributed by atoms with Crippen LogP contribution in [0.2, 0.25) is 5.02 Å². The van der Waals surface area contributed by atoms with Crippen LogP contribution < -0.4 is 15.9 Å². The minimum Gasteiger partial charge on any atom is -0.254 e. The van der Waals surface area contributed by atoms with Crippen molar-refractivity contribution in [3.8, 4) is 0 Å². The minimum absolute atomic E-state index is 0.736. The Morgan fingerprint density at radius 2 is 1.04 bits per heavy atom. The van der Waals surface area contributed by atoms with Crippen molar-refractivity contribution in [3.05, 3.63) is 120 Å². The van der Waals surface area contributed by atoms with Crippen molar-refractivity contribution in [2.24, 2.45) is 4.74 Å². The summed E-state index contributed by atoms with van der Waals surface area (Å²) in [5.41, 5.74) is 2.06. The van der Waals surface area contributed by atoms with Gasteiger partial charge in [0.1, 0.15) is 0 Å². The maximum atomic E-state index is 6.21. The van der Waals surface area contributed by atoms with Crippen molar-refractivity contribution in [1.29, 1.82) is 0 Å². The van der Waals surface area contributed by atoms with Crippen LogP contribution in [-0.4, -0.2) is 0 Å². The molecule has 0 fully saturated rings. The topological polar surface area (TPSA) is 12.4 Å². The fourth-order valence-corrected chi connectivity index (χ4v) is 7.27. The van der Waals surface area contributed by atoms with Gasteiger partial charge in [0.2, 0.25) is 0 Å². The second-order valence-electron chi connectivity index (χ2n) is 6.67. The lowest BCUT2D eigenvalue weighted by Crippen LogP contribution is -2.25. The first-order valence-electron chi connectivity index (χ1n) is 9.25. The van der Waals surface area contributed by atoms with Crippen LogP contribution in [0.4, 0.5) is 5.69 Å². The number of nitrogens with zero attached hydrogens (tertiary/aromatic N) is 1. The van der Waals surface area contributed by atoms with Gasteiger partial charge in [-0.25, -0.2) is 0 Å². The Labute approximate surface area is 171 Å². The van der Waals surface area contributed by atoms with Crippen molar-refractivity contribution in [1.82, 2.24) is 0 Å². The molecule has 0 spiro atoms. The summed E-state index contributed by atoms with van der Waals surface area (Å²) in [4.78, 5) is 0. The highest BCUT2D eigenvalue weighted by molar-refractivity contribution is 7.87. The van der Waals surface area contributed by atoms with Crippen molar-refractivity contribution in [2.45, 2.75) is 6.92 Å². The van der Waals surface area contributed by atoms with Crippen molar-refractivity contribution in [2.75, 3.05) is 0 Å². The minimum atomic E-state index is -2.24. The molecule has 0 bridgehead atoms. The summed E-state index contributed by atoms with van der Waals surface area (Å²) in [5, 5.41) is 4.45. The Balaban J connectivity index is 2.14. The summed E-state index contributed by atoms with van der Waals surface area (Å²) in [6, 6.07) is 37.9. The van der Waals surface area contributed by atoms with E-state index in [-0.39, 0.29) is 0 Å². The highest BCUT2D eigenvalue weighted by atomic mass is 35.5. The average molecular weight is 402 g/mol. The van der Waals surface area contributed by atoms with Gasteiger partial charge < -0.3 is 0 Å². The molecule has 0 aliphatic heterocycles. The van der Waals surface area contributed by atoms with Gasteiger partial charge in [-0.3, -0.25) is 4.74 Å². The van der Waals surface area contributed by atoms with Gasteiger partial charge in [0.05, 0.1) is 12.7 Å². The summed E-state index contributed by atoms with van der Waals surface area (Å²) in [6.45, 7) is 2.07. The number of benzene rings is 4. The Morgan fingerprint density at radius 1 is 0.607 bits per heavy atom. The van der Waals surface area contributed by atoms with E-state index in [4.69, 9.17) is 16.3 Å². The van der Waals surface area contributed by atoms with E-state index in [0.717, 1.165) is 16.3 Å². The summed E-state index contributed by atoms with van der Waals surface area (Å²) in [6.07, 6.45) is 0. The zero-order chi connectivity index (χ0) is 19.4. The number of halogens is 1. The molecular weight excluding hydrogens is 381 g/mol. The standard InChI is InChI=1S/C25H21ClNP/c1-20-19-21(26)17-18-25(20)27-28(22-11-5-2-6-12-22,23-13-7-3-8-14-23)24-15-9-4-10-16-24/h2-19H,1H3. The molecule has 0 aromatic heterocycles. The lowest BCUT2D eigenvalue weighted by Gasteiger charge is -2.27. The molecule has 0 heterocycles. The fraction of sp³-hybridized carbons (Fsp3) is 0.0400. The Hall–Kier alpha value is -2.60. The molecule has 28 heavy (non-hydrogen) atoms. The molecule has 4 aromatic rings. The van der Waals surface area contributed by atoms with Crippen LogP contribution in [0.5, 0.6) is 0 Å². The largest absolute Gasteiger partial charge is 0.254 e.